The molecule has 3 rings (SSSR count). The van der Waals surface area contributed by atoms with E-state index in [1.807, 2.05) is 18.2 Å². The molecule has 5 heteroatoms. The molecule has 0 radical (unpaired) electrons. The molecule has 3 aromatic rings. The van der Waals surface area contributed by atoms with E-state index in [-0.39, 0.29) is 5.69 Å². The molecule has 2 aromatic heterocycles. The zero-order valence-corrected chi connectivity index (χ0v) is 9.69. The van der Waals surface area contributed by atoms with Gasteiger partial charge in [0, 0.05) is 10.5 Å². The molecule has 0 aliphatic rings. The Labute approximate surface area is 98.6 Å². The number of hydrogen-bond acceptors (Lipinski definition) is 2. The molecule has 0 saturated carbocycles. The summed E-state index contributed by atoms with van der Waals surface area (Å²) in [7, 11) is 0. The predicted molar refractivity (Wildman–Crippen MR) is 63.9 cm³/mol. The standard InChI is InChI=1S/C11H7BrN2O2/c12-7-3-1-4-8-10(7)13-11(15)14(8)9-5-2-6-16-9/h1-6H,(H,13,15). The fraction of sp³-hybridized carbons (Fsp3) is 0. The molecular formula is C11H7BrN2O2. The Morgan fingerprint density at radius 1 is 1.25 bits per heavy atom. The summed E-state index contributed by atoms with van der Waals surface area (Å²) in [6.45, 7) is 0. The van der Waals surface area contributed by atoms with Gasteiger partial charge in [-0.05, 0) is 34.1 Å². The number of hydrogen-bond donors (Lipinski definition) is 1. The summed E-state index contributed by atoms with van der Waals surface area (Å²) in [4.78, 5) is 14.6. The van der Waals surface area contributed by atoms with Crippen molar-refractivity contribution in [3.63, 3.8) is 0 Å². The van der Waals surface area contributed by atoms with Gasteiger partial charge in [-0.2, -0.15) is 0 Å². The lowest BCUT2D eigenvalue weighted by Gasteiger charge is -1.98. The SMILES string of the molecule is O=c1[nH]c2c(Br)cccc2n1-c1ccco1. The van der Waals surface area contributed by atoms with Crippen LogP contribution in [0.5, 0.6) is 0 Å². The minimum Gasteiger partial charge on any atom is -0.448 e. The van der Waals surface area contributed by atoms with Crippen LogP contribution in [0.2, 0.25) is 0 Å². The molecule has 80 valence electrons. The van der Waals surface area contributed by atoms with E-state index >= 15 is 0 Å². The van der Waals surface area contributed by atoms with Crippen molar-refractivity contribution in [1.82, 2.24) is 9.55 Å². The molecule has 0 aliphatic carbocycles. The zero-order valence-electron chi connectivity index (χ0n) is 8.11. The van der Waals surface area contributed by atoms with Gasteiger partial charge >= 0.3 is 5.69 Å². The molecule has 2 heterocycles. The molecule has 16 heavy (non-hydrogen) atoms. The lowest BCUT2D eigenvalue weighted by molar-refractivity contribution is 0.538. The first-order valence-electron chi connectivity index (χ1n) is 4.70. The van der Waals surface area contributed by atoms with Crippen LogP contribution in [0.1, 0.15) is 0 Å². The number of H-pyrrole nitrogens is 1. The van der Waals surface area contributed by atoms with Crippen molar-refractivity contribution in [3.8, 4) is 5.88 Å². The number of nitrogens with one attached hydrogen (secondary N) is 1. The molecule has 0 amide bonds. The van der Waals surface area contributed by atoms with Gasteiger partial charge < -0.3 is 9.40 Å². The number of nitrogens with zero attached hydrogens (tertiary/aromatic N) is 1. The van der Waals surface area contributed by atoms with E-state index in [0.29, 0.717) is 5.88 Å². The van der Waals surface area contributed by atoms with Crippen LogP contribution in [0.3, 0.4) is 0 Å². The number of aromatic amines is 1. The number of fused-ring (bicyclic) bond motifs is 1. The van der Waals surface area contributed by atoms with Gasteiger partial charge in [0.05, 0.1) is 17.3 Å². The van der Waals surface area contributed by atoms with Gasteiger partial charge in [0.2, 0.25) is 5.88 Å². The van der Waals surface area contributed by atoms with Crippen LogP contribution >= 0.6 is 15.9 Å². The van der Waals surface area contributed by atoms with Crippen molar-refractivity contribution >= 4 is 27.0 Å². The first-order valence-corrected chi connectivity index (χ1v) is 5.50. The minimum absolute atomic E-state index is 0.211. The molecule has 4 nitrogen and oxygen atoms in total. The van der Waals surface area contributed by atoms with Gasteiger partial charge in [-0.25, -0.2) is 9.36 Å². The lowest BCUT2D eigenvalue weighted by Crippen LogP contribution is -2.13. The molecule has 0 unspecified atom stereocenters. The van der Waals surface area contributed by atoms with E-state index in [0.717, 1.165) is 15.5 Å². The van der Waals surface area contributed by atoms with Crippen molar-refractivity contribution < 1.29 is 4.42 Å². The molecular weight excluding hydrogens is 272 g/mol. The van der Waals surface area contributed by atoms with Crippen LogP contribution < -0.4 is 5.69 Å². The van der Waals surface area contributed by atoms with Crippen LogP contribution in [0.25, 0.3) is 16.9 Å². The predicted octanol–water partition coefficient (Wildman–Crippen LogP) is 2.67. The molecule has 0 spiro atoms. The largest absolute Gasteiger partial charge is 0.448 e. The van der Waals surface area contributed by atoms with E-state index in [1.54, 1.807) is 18.4 Å². The maximum atomic E-state index is 11.8. The highest BCUT2D eigenvalue weighted by Crippen LogP contribution is 2.22. The number of imidazole rings is 1. The van der Waals surface area contributed by atoms with Crippen LogP contribution in [0.15, 0.2) is 50.3 Å². The van der Waals surface area contributed by atoms with E-state index in [2.05, 4.69) is 20.9 Å². The fourth-order valence-corrected chi connectivity index (χ4v) is 2.17. The summed E-state index contributed by atoms with van der Waals surface area (Å²) in [6.07, 6.45) is 1.54. The summed E-state index contributed by atoms with van der Waals surface area (Å²) >= 11 is 3.39. The maximum absolute atomic E-state index is 11.8. The van der Waals surface area contributed by atoms with Gasteiger partial charge in [-0.3, -0.25) is 0 Å². The fourth-order valence-electron chi connectivity index (χ4n) is 1.71. The quantitative estimate of drug-likeness (QED) is 0.744. The van der Waals surface area contributed by atoms with Crippen LogP contribution in [-0.4, -0.2) is 9.55 Å². The molecule has 1 aromatic carbocycles. The summed E-state index contributed by atoms with van der Waals surface area (Å²) in [5.74, 6) is 0.509. The van der Waals surface area contributed by atoms with Crippen LogP contribution in [0, 0.1) is 0 Å². The van der Waals surface area contributed by atoms with Gasteiger partial charge in [-0.1, -0.05) is 6.07 Å². The maximum Gasteiger partial charge on any atom is 0.333 e. The first-order chi connectivity index (χ1) is 7.77. The smallest absolute Gasteiger partial charge is 0.333 e. The van der Waals surface area contributed by atoms with E-state index in [9.17, 15) is 4.79 Å². The summed E-state index contributed by atoms with van der Waals surface area (Å²) in [5, 5.41) is 0. The van der Waals surface area contributed by atoms with Crippen molar-refractivity contribution in [2.45, 2.75) is 0 Å². The Bertz CT molecular complexity index is 694. The average Bonchev–Trinajstić information content (AvgIpc) is 2.85. The second kappa shape index (κ2) is 3.38. The number of furan rings is 1. The third-order valence-corrected chi connectivity index (χ3v) is 3.05. The Kier molecular flexibility index (Phi) is 2.00. The summed E-state index contributed by atoms with van der Waals surface area (Å²) in [5.41, 5.74) is 1.34. The lowest BCUT2D eigenvalue weighted by atomic mass is 10.3. The van der Waals surface area contributed by atoms with Gasteiger partial charge in [0.15, 0.2) is 0 Å². The number of halogens is 1. The minimum atomic E-state index is -0.211. The second-order valence-electron chi connectivity index (χ2n) is 3.35. The van der Waals surface area contributed by atoms with E-state index in [4.69, 9.17) is 4.42 Å². The topological polar surface area (TPSA) is 50.9 Å². The molecule has 0 saturated heterocycles. The van der Waals surface area contributed by atoms with Crippen LogP contribution in [-0.2, 0) is 0 Å². The number of aromatic nitrogens is 2. The monoisotopic (exact) mass is 278 g/mol. The highest BCUT2D eigenvalue weighted by Gasteiger charge is 2.11. The van der Waals surface area contributed by atoms with Crippen molar-refractivity contribution in [3.05, 3.63) is 51.6 Å². The van der Waals surface area contributed by atoms with Crippen molar-refractivity contribution in [1.29, 1.82) is 0 Å². The Morgan fingerprint density at radius 3 is 2.88 bits per heavy atom. The first kappa shape index (κ1) is 9.47. The molecule has 1 N–H and O–H groups in total. The molecule has 0 aliphatic heterocycles. The third kappa shape index (κ3) is 1.25. The van der Waals surface area contributed by atoms with E-state index < -0.39 is 0 Å². The number of benzene rings is 1. The summed E-state index contributed by atoms with van der Waals surface area (Å²) in [6, 6.07) is 9.11. The second-order valence-corrected chi connectivity index (χ2v) is 4.21. The number of rotatable bonds is 1. The Morgan fingerprint density at radius 2 is 2.12 bits per heavy atom. The van der Waals surface area contributed by atoms with Crippen molar-refractivity contribution in [2.24, 2.45) is 0 Å². The Hall–Kier alpha value is -1.75. The van der Waals surface area contributed by atoms with Gasteiger partial charge in [0.1, 0.15) is 0 Å². The number of para-hydroxylation sites is 1. The normalized spacial score (nSPS) is 11.1. The van der Waals surface area contributed by atoms with Gasteiger partial charge in [-0.15, -0.1) is 0 Å². The average molecular weight is 279 g/mol. The van der Waals surface area contributed by atoms with E-state index in [1.165, 1.54) is 4.57 Å². The highest BCUT2D eigenvalue weighted by molar-refractivity contribution is 9.10. The highest BCUT2D eigenvalue weighted by atomic mass is 79.9. The van der Waals surface area contributed by atoms with Crippen molar-refractivity contribution in [2.75, 3.05) is 0 Å². The third-order valence-electron chi connectivity index (χ3n) is 2.39. The molecule has 0 atom stereocenters. The van der Waals surface area contributed by atoms with Crippen LogP contribution in [0.4, 0.5) is 0 Å². The molecule has 0 bridgehead atoms. The summed E-state index contributed by atoms with van der Waals surface area (Å²) < 4.78 is 7.59. The Balaban J connectivity index is 2.46. The van der Waals surface area contributed by atoms with Gasteiger partial charge in [0.25, 0.3) is 0 Å². The zero-order chi connectivity index (χ0) is 11.1. The molecule has 0 fully saturated rings.